The number of hydrogen-bond donors (Lipinski definition) is 5. The minimum Gasteiger partial charge on any atom is -0.402 e. The van der Waals surface area contributed by atoms with Crippen LogP contribution in [0.2, 0.25) is 0 Å². The van der Waals surface area contributed by atoms with Gasteiger partial charge in [-0.25, -0.2) is 4.79 Å². The SMILES string of the molecule is C=C(N)CCNC(=O)c1cc(NC(=O)c2cc(NC(=O)c3cc(NC(=O)N4C[C@@H]5C[C@]56C4=CC(=O)c4scc(C)c46)cn3C)cn2C)cn1C. The summed E-state index contributed by atoms with van der Waals surface area (Å²) in [4.78, 5) is 67.9. The van der Waals surface area contributed by atoms with Crippen LogP contribution in [0, 0.1) is 12.8 Å². The Balaban J connectivity index is 0.984. The van der Waals surface area contributed by atoms with Crippen molar-refractivity contribution in [2.75, 3.05) is 29.0 Å². The third-order valence-electron chi connectivity index (χ3n) is 9.63. The lowest BCUT2D eigenvalue weighted by Crippen LogP contribution is -2.36. The summed E-state index contributed by atoms with van der Waals surface area (Å²) in [6.07, 6.45) is 7.88. The number of nitrogens with zero attached hydrogens (tertiary/aromatic N) is 4. The van der Waals surface area contributed by atoms with Crippen molar-refractivity contribution in [3.63, 3.8) is 0 Å². The number of urea groups is 1. The number of thiophene rings is 1. The first-order valence-corrected chi connectivity index (χ1v) is 16.9. The van der Waals surface area contributed by atoms with E-state index in [0.29, 0.717) is 48.0 Å². The molecule has 2 fully saturated rings. The number of rotatable bonds is 9. The predicted molar refractivity (Wildman–Crippen MR) is 189 cm³/mol. The summed E-state index contributed by atoms with van der Waals surface area (Å²) in [6, 6.07) is 4.34. The van der Waals surface area contributed by atoms with E-state index in [-0.39, 0.29) is 40.4 Å². The minimum atomic E-state index is -0.440. The molecule has 0 bridgehead atoms. The molecule has 15 heteroatoms. The normalized spacial score (nSPS) is 18.5. The molecule has 7 rings (SSSR count). The maximum Gasteiger partial charge on any atom is 0.326 e. The Hall–Kier alpha value is -5.83. The van der Waals surface area contributed by atoms with E-state index >= 15 is 0 Å². The van der Waals surface area contributed by atoms with Crippen molar-refractivity contribution in [2.24, 2.45) is 32.8 Å². The number of ketones is 1. The molecule has 4 aromatic rings. The molecule has 4 aromatic heterocycles. The van der Waals surface area contributed by atoms with Gasteiger partial charge in [0.05, 0.1) is 21.9 Å². The van der Waals surface area contributed by atoms with E-state index in [4.69, 9.17) is 5.73 Å². The standard InChI is InChI=1S/C35H37N9O5S/c1-18-17-50-30-27(45)11-28-35(29(18)30)12-20(35)13-44(28)34(49)40-23-10-26(43(5)16-23)33(48)39-22-9-25(42(4)15-22)32(47)38-21-8-24(41(3)14-21)31(46)37-7-6-19(2)36/h8-11,14-17,20H,2,6-7,12-13,36H2,1,3-5H3,(H,37,46)(H,38,47)(H,39,48)(H,40,49)/t20-,35+/m0/s1. The van der Waals surface area contributed by atoms with Crippen molar-refractivity contribution in [3.05, 3.63) is 99.3 Å². The van der Waals surface area contributed by atoms with Crippen molar-refractivity contribution >= 4 is 57.9 Å². The van der Waals surface area contributed by atoms with Gasteiger partial charge in [-0.15, -0.1) is 11.3 Å². The molecule has 1 aliphatic heterocycles. The number of allylic oxidation sites excluding steroid dienone is 2. The first-order valence-electron chi connectivity index (χ1n) is 16.0. The molecule has 2 aliphatic carbocycles. The third-order valence-corrected chi connectivity index (χ3v) is 10.7. The molecule has 14 nitrogen and oxygen atoms in total. The van der Waals surface area contributed by atoms with Crippen LogP contribution in [0.4, 0.5) is 21.9 Å². The van der Waals surface area contributed by atoms with Gasteiger partial charge in [-0.3, -0.25) is 24.1 Å². The van der Waals surface area contributed by atoms with Crippen molar-refractivity contribution in [2.45, 2.75) is 25.2 Å². The van der Waals surface area contributed by atoms with Gasteiger partial charge in [0.15, 0.2) is 5.78 Å². The highest BCUT2D eigenvalue weighted by Crippen LogP contribution is 2.67. The van der Waals surface area contributed by atoms with E-state index in [0.717, 1.165) is 28.1 Å². The second-order valence-electron chi connectivity index (χ2n) is 13.2. The van der Waals surface area contributed by atoms with Crippen LogP contribution in [0.25, 0.3) is 0 Å². The molecule has 50 heavy (non-hydrogen) atoms. The number of carbonyl (C=O) groups excluding carboxylic acids is 5. The molecule has 5 heterocycles. The van der Waals surface area contributed by atoms with Gasteiger partial charge in [-0.2, -0.15) is 0 Å². The second kappa shape index (κ2) is 11.9. The zero-order chi connectivity index (χ0) is 35.6. The smallest absolute Gasteiger partial charge is 0.326 e. The predicted octanol–water partition coefficient (Wildman–Crippen LogP) is 4.05. The van der Waals surface area contributed by atoms with Crippen molar-refractivity contribution in [1.29, 1.82) is 0 Å². The van der Waals surface area contributed by atoms with Crippen LogP contribution in [-0.4, -0.2) is 61.2 Å². The quantitative estimate of drug-likeness (QED) is 0.176. The molecule has 2 atom stereocenters. The first-order chi connectivity index (χ1) is 23.8. The lowest BCUT2D eigenvalue weighted by Gasteiger charge is -2.28. The van der Waals surface area contributed by atoms with Crippen LogP contribution in [0.5, 0.6) is 0 Å². The van der Waals surface area contributed by atoms with Gasteiger partial charge in [0.25, 0.3) is 17.7 Å². The molecule has 1 saturated carbocycles. The number of hydrogen-bond acceptors (Lipinski definition) is 7. The molecular formula is C35H37N9O5S. The van der Waals surface area contributed by atoms with Gasteiger partial charge in [-0.05, 0) is 54.0 Å². The van der Waals surface area contributed by atoms with E-state index in [1.165, 1.54) is 11.3 Å². The largest absolute Gasteiger partial charge is 0.402 e. The lowest BCUT2D eigenvalue weighted by molar-refractivity contribution is 0.0943. The number of piperidine rings is 1. The second-order valence-corrected chi connectivity index (χ2v) is 14.1. The van der Waals surface area contributed by atoms with Crippen LogP contribution in [0.15, 0.2) is 66.2 Å². The summed E-state index contributed by atoms with van der Waals surface area (Å²) in [6.45, 7) is 6.51. The molecule has 0 aromatic carbocycles. The van der Waals surface area contributed by atoms with Crippen molar-refractivity contribution in [3.8, 4) is 0 Å². The number of anilines is 3. The highest BCUT2D eigenvalue weighted by atomic mass is 32.1. The van der Waals surface area contributed by atoms with Gasteiger partial charge < -0.3 is 40.7 Å². The fraction of sp³-hybridized carbons (Fsp3) is 0.286. The van der Waals surface area contributed by atoms with E-state index in [9.17, 15) is 24.0 Å². The van der Waals surface area contributed by atoms with E-state index < -0.39 is 11.8 Å². The van der Waals surface area contributed by atoms with Crippen LogP contribution < -0.4 is 27.0 Å². The Morgan fingerprint density at radius 1 is 0.900 bits per heavy atom. The average molecular weight is 696 g/mol. The summed E-state index contributed by atoms with van der Waals surface area (Å²) in [5.41, 5.74) is 10.9. The molecule has 1 saturated heterocycles. The van der Waals surface area contributed by atoms with Gasteiger partial charge in [-0.1, -0.05) is 6.58 Å². The molecule has 0 radical (unpaired) electrons. The van der Waals surface area contributed by atoms with E-state index in [1.807, 2.05) is 12.3 Å². The molecule has 5 amide bonds. The summed E-state index contributed by atoms with van der Waals surface area (Å²) in [5, 5.41) is 13.3. The molecule has 3 aliphatic rings. The molecule has 0 unspecified atom stereocenters. The molecule has 1 spiro atoms. The van der Waals surface area contributed by atoms with Crippen LogP contribution >= 0.6 is 11.3 Å². The van der Waals surface area contributed by atoms with Crippen LogP contribution in [-0.2, 0) is 26.6 Å². The monoisotopic (exact) mass is 695 g/mol. The summed E-state index contributed by atoms with van der Waals surface area (Å²) < 4.78 is 4.79. The highest BCUT2D eigenvalue weighted by Gasteiger charge is 2.68. The maximum atomic E-state index is 13.5. The van der Waals surface area contributed by atoms with E-state index in [2.05, 4.69) is 27.8 Å². The minimum absolute atomic E-state index is 0.0652. The number of carbonyl (C=O) groups is 5. The molecule has 258 valence electrons. The van der Waals surface area contributed by atoms with Crippen molar-refractivity contribution < 1.29 is 24.0 Å². The fourth-order valence-electron chi connectivity index (χ4n) is 7.21. The highest BCUT2D eigenvalue weighted by molar-refractivity contribution is 7.12. The third kappa shape index (κ3) is 5.48. The molecular weight excluding hydrogens is 659 g/mol. The first kappa shape index (κ1) is 32.7. The van der Waals surface area contributed by atoms with E-state index in [1.54, 1.807) is 82.6 Å². The van der Waals surface area contributed by atoms with Crippen molar-refractivity contribution in [1.82, 2.24) is 23.9 Å². The van der Waals surface area contributed by atoms with Crippen LogP contribution in [0.3, 0.4) is 0 Å². The topological polar surface area (TPSA) is 178 Å². The number of aromatic nitrogens is 3. The average Bonchev–Trinajstić information content (AvgIpc) is 3.56. The number of amides is 5. The summed E-state index contributed by atoms with van der Waals surface area (Å²) >= 11 is 1.47. The van der Waals surface area contributed by atoms with Crippen LogP contribution in [0.1, 0.15) is 65.1 Å². The summed E-state index contributed by atoms with van der Waals surface area (Å²) in [7, 11) is 5.07. The Morgan fingerprint density at radius 3 is 2.00 bits per heavy atom. The maximum absolute atomic E-state index is 13.5. The number of aryl methyl sites for hydroxylation is 4. The Labute approximate surface area is 291 Å². The Kier molecular flexibility index (Phi) is 7.81. The number of fused-ring (bicyclic) bond motifs is 1. The fourth-order valence-corrected chi connectivity index (χ4v) is 8.26. The Bertz CT molecular complexity index is 2180. The number of nitrogens with two attached hydrogens (primary N) is 1. The van der Waals surface area contributed by atoms with Gasteiger partial charge in [0.2, 0.25) is 0 Å². The number of likely N-dealkylation sites (tertiary alicyclic amines) is 1. The van der Waals surface area contributed by atoms with Gasteiger partial charge in [0.1, 0.15) is 17.1 Å². The zero-order valence-corrected chi connectivity index (χ0v) is 28.9. The Morgan fingerprint density at radius 2 is 1.44 bits per heavy atom. The number of nitrogens with one attached hydrogen (secondary N) is 4. The summed E-state index contributed by atoms with van der Waals surface area (Å²) in [5.74, 6) is -0.975. The van der Waals surface area contributed by atoms with Gasteiger partial charge >= 0.3 is 6.03 Å². The lowest BCUT2D eigenvalue weighted by atomic mass is 9.84. The molecule has 6 N–H and O–H groups in total. The zero-order valence-electron chi connectivity index (χ0n) is 28.0. The van der Waals surface area contributed by atoms with Gasteiger partial charge in [0, 0.05) is 82.1 Å².